The highest BCUT2D eigenvalue weighted by molar-refractivity contribution is 8.16. The average Bonchev–Trinajstić information content (AvgIpc) is 1.49. The Morgan fingerprint density at radius 1 is 0.680 bits per heavy atom. The second-order valence-corrected chi connectivity index (χ2v) is 31.8. The standard InChI is InChI=1S/2C10H19F2NO.C10H17N3.C9H12ClN.C9H12FN.C9H16N2S.C8H14F2N2.C8H15NO/c2*1-7(2)13-5-8(3)14-9(6-13)10(4,11)12;1-8(2)13-5-4-10-9(7-13)6-12(3)11-10;1-7(2)11-9-6-4-3-5-8(9)10;1-7(2)11-9-5-3-8(10)4-6-9;1-8(2)11-5-3-9-10-4-6-12(9)7-11;1-6(2)11-7(3)12-4-8(9,10)5-12;1-6(2)9-4-8-3-7(9)5-10-8/h2*7-9H,5-6H2,1-4H3;6,8H,4-5,7H2,1-3H3;2*3-7,11H,1-2H3;4,8H,3,5-7H2,1-2H3;6,11H,3-5H2,1-2H3;6-8H,3-5H2,1-2H3/t8-,9+;8-,9-;;;;;;/m01....../s1. The molecule has 1 aromatic heterocycles. The molecular formula is C73H124ClF7N12O3S. The maximum atomic E-state index is 13.1. The molecule has 0 radical (unpaired) electrons. The average molecular weight is 1420 g/mol. The zero-order valence-corrected chi connectivity index (χ0v) is 64.1. The largest absolute Gasteiger partial charge is 0.383 e. The van der Waals surface area contributed by atoms with Gasteiger partial charge < -0.3 is 35.1 Å². The van der Waals surface area contributed by atoms with E-state index in [9.17, 15) is 30.7 Å². The molecule has 8 aliphatic rings. The van der Waals surface area contributed by atoms with Gasteiger partial charge in [0.05, 0.1) is 65.2 Å². The zero-order valence-electron chi connectivity index (χ0n) is 62.6. The summed E-state index contributed by atoms with van der Waals surface area (Å²) in [5.41, 5.74) is 4.66. The molecule has 0 amide bonds. The fourth-order valence-electron chi connectivity index (χ4n) is 11.9. The Hall–Kier alpha value is -4.04. The summed E-state index contributed by atoms with van der Waals surface area (Å²) in [6.07, 6.45) is 6.25. The summed E-state index contributed by atoms with van der Waals surface area (Å²) in [5.74, 6) is -5.15. The maximum absolute atomic E-state index is 13.1. The summed E-state index contributed by atoms with van der Waals surface area (Å²) in [4.78, 5) is 19.1. The summed E-state index contributed by atoms with van der Waals surface area (Å²) in [5, 5.41) is 14.6. The molecule has 15 nitrogen and oxygen atoms in total. The van der Waals surface area contributed by atoms with E-state index in [0.29, 0.717) is 77.8 Å². The van der Waals surface area contributed by atoms with Crippen LogP contribution < -0.4 is 16.0 Å². The van der Waals surface area contributed by atoms with E-state index in [0.717, 1.165) is 75.5 Å². The first-order valence-corrected chi connectivity index (χ1v) is 37.1. The predicted octanol–water partition coefficient (Wildman–Crippen LogP) is 15.1. The van der Waals surface area contributed by atoms with Crippen LogP contribution >= 0.6 is 22.1 Å². The minimum absolute atomic E-state index is 0.109. The number of aromatic nitrogens is 2. The lowest BCUT2D eigenvalue weighted by atomic mass is 10.1. The van der Waals surface area contributed by atoms with Gasteiger partial charge in [-0.2, -0.15) is 5.10 Å². The summed E-state index contributed by atoms with van der Waals surface area (Å²) < 4.78 is 107. The lowest BCUT2D eigenvalue weighted by Gasteiger charge is -2.41. The van der Waals surface area contributed by atoms with E-state index in [4.69, 9.17) is 25.8 Å². The number of para-hydroxylation sites is 1. The summed E-state index contributed by atoms with van der Waals surface area (Å²) in [6, 6.07) is 18.6. The first kappa shape index (κ1) is 85.4. The third-order valence-electron chi connectivity index (χ3n) is 17.3. The van der Waals surface area contributed by atoms with Gasteiger partial charge in [-0.15, -0.1) is 10.5 Å². The molecule has 11 rings (SSSR count). The van der Waals surface area contributed by atoms with Crippen LogP contribution in [0.25, 0.3) is 0 Å². The number of rotatable bonds is 14. The van der Waals surface area contributed by atoms with Crippen LogP contribution in [0, 0.1) is 5.82 Å². The number of alkyl halides is 6. The molecule has 5 fully saturated rings. The number of nitrogens with one attached hydrogen (secondary N) is 3. The Labute approximate surface area is 587 Å². The number of nitrogens with zero attached hydrogens (tertiary/aromatic N) is 9. The number of hydrogen-bond donors (Lipinski definition) is 3. The van der Waals surface area contributed by atoms with E-state index < -0.39 is 30.0 Å². The summed E-state index contributed by atoms with van der Waals surface area (Å²) >= 11 is 5.91. The minimum atomic E-state index is -2.75. The molecular weight excluding hydrogens is 1290 g/mol. The second-order valence-electron chi connectivity index (χ2n) is 29.3. The first-order chi connectivity index (χ1) is 45.1. The fourth-order valence-corrected chi connectivity index (χ4v) is 14.2. The number of benzene rings is 2. The van der Waals surface area contributed by atoms with Crippen LogP contribution in [-0.2, 0) is 34.2 Å². The molecule has 0 aliphatic carbocycles. The third kappa shape index (κ3) is 30.6. The Morgan fingerprint density at radius 2 is 1.21 bits per heavy atom. The van der Waals surface area contributed by atoms with Crippen molar-refractivity contribution in [2.24, 2.45) is 12.0 Å². The number of morpholine rings is 3. The smallest absolute Gasteiger partial charge is 0.282 e. The molecule has 3 aromatic rings. The number of hydrogen-bond acceptors (Lipinski definition) is 14. The monoisotopic (exact) mass is 1420 g/mol. The molecule has 5 saturated heterocycles. The lowest BCUT2D eigenvalue weighted by molar-refractivity contribution is -0.184. The van der Waals surface area contributed by atoms with Crippen molar-refractivity contribution >= 4 is 44.7 Å². The minimum Gasteiger partial charge on any atom is -0.383 e. The molecule has 3 unspecified atom stereocenters. The molecule has 9 heterocycles. The van der Waals surface area contributed by atoms with E-state index in [1.807, 2.05) is 115 Å². The van der Waals surface area contributed by atoms with Gasteiger partial charge in [0.25, 0.3) is 17.8 Å². The number of likely N-dealkylation sites (tertiary alicyclic amines) is 2. The maximum Gasteiger partial charge on any atom is 0.282 e. The number of ether oxygens (including phenoxy) is 3. The van der Waals surface area contributed by atoms with Crippen molar-refractivity contribution in [1.82, 2.24) is 44.5 Å². The molecule has 3 N–H and O–H groups in total. The van der Waals surface area contributed by atoms with Gasteiger partial charge in [0.15, 0.2) is 0 Å². The van der Waals surface area contributed by atoms with Gasteiger partial charge >= 0.3 is 0 Å². The lowest BCUT2D eigenvalue weighted by Crippen LogP contribution is -2.57. The topological polar surface area (TPSA) is 113 Å². The highest BCUT2D eigenvalue weighted by Gasteiger charge is 2.45. The summed E-state index contributed by atoms with van der Waals surface area (Å²) in [7, 11) is 2.48. The fraction of sp³-hybridized carbons (Fsp3) is 0.740. The van der Waals surface area contributed by atoms with Gasteiger partial charge in [0.1, 0.15) is 18.0 Å². The third-order valence-corrected chi connectivity index (χ3v) is 19.8. The highest BCUT2D eigenvalue weighted by atomic mass is 35.5. The van der Waals surface area contributed by atoms with Crippen LogP contribution in [0.1, 0.15) is 163 Å². The summed E-state index contributed by atoms with van der Waals surface area (Å²) in [6.45, 7) is 50.3. The molecule has 24 heteroatoms. The molecule has 0 saturated carbocycles. The van der Waals surface area contributed by atoms with Crippen molar-refractivity contribution in [3.8, 4) is 0 Å². The number of aryl methyl sites for hydroxylation is 1. The van der Waals surface area contributed by atoms with Crippen molar-refractivity contribution in [2.75, 3.05) is 87.8 Å². The van der Waals surface area contributed by atoms with Crippen LogP contribution in [0.3, 0.4) is 0 Å². The molecule has 0 spiro atoms. The molecule has 2 aromatic carbocycles. The van der Waals surface area contributed by atoms with E-state index in [1.165, 1.54) is 65.9 Å². The van der Waals surface area contributed by atoms with Gasteiger partial charge in [0, 0.05) is 176 Å². The Morgan fingerprint density at radius 3 is 1.64 bits per heavy atom. The highest BCUT2D eigenvalue weighted by Crippen LogP contribution is 2.32. The SMILES string of the molecule is C=C(NC(C)C)N1CC(F)(F)C1.CC(C)N1CC2CC1CO2.CC(C)N1CCC2=S(CC=N2)C1.CC(C)N1CCc2nn(C)cc2C1.CC(C)N1C[C@@H](C)O[C@@H](C(C)(F)F)C1.CC(C)N1C[C@H](C)O[C@@H](C(C)(F)F)C1.CC(C)Nc1ccc(F)cc1.CC(C)Nc1ccccc1Cl. The van der Waals surface area contributed by atoms with Gasteiger partial charge in [-0.25, -0.2) is 30.7 Å². The van der Waals surface area contributed by atoms with E-state index in [-0.39, 0.29) is 37.2 Å². The Balaban J connectivity index is 0.000000236. The van der Waals surface area contributed by atoms with Gasteiger partial charge in [-0.3, -0.25) is 34.2 Å². The van der Waals surface area contributed by atoms with E-state index in [1.54, 1.807) is 17.0 Å². The van der Waals surface area contributed by atoms with Crippen molar-refractivity contribution in [3.63, 3.8) is 0 Å². The Kier molecular flexibility index (Phi) is 35.2. The number of halogens is 8. The van der Waals surface area contributed by atoms with Crippen LogP contribution in [0.2, 0.25) is 5.02 Å². The van der Waals surface area contributed by atoms with E-state index >= 15 is 0 Å². The number of aliphatic imine (C=N–C) groups is 1. The predicted molar refractivity (Wildman–Crippen MR) is 392 cm³/mol. The molecule has 8 aliphatic heterocycles. The first-order valence-electron chi connectivity index (χ1n) is 35.2. The number of anilines is 2. The van der Waals surface area contributed by atoms with Crippen molar-refractivity contribution < 1.29 is 44.9 Å². The molecule has 556 valence electrons. The van der Waals surface area contributed by atoms with Gasteiger partial charge in [-0.05, 0) is 167 Å². The van der Waals surface area contributed by atoms with Crippen LogP contribution in [-0.4, -0.2) is 230 Å². The van der Waals surface area contributed by atoms with Crippen LogP contribution in [0.5, 0.6) is 0 Å². The van der Waals surface area contributed by atoms with E-state index in [2.05, 4.69) is 115 Å². The van der Waals surface area contributed by atoms with Crippen molar-refractivity contribution in [2.45, 2.75) is 267 Å². The normalized spacial score (nSPS) is 24.0. The molecule has 2 bridgehead atoms. The van der Waals surface area contributed by atoms with Crippen LogP contribution in [0.15, 0.2) is 72.1 Å². The van der Waals surface area contributed by atoms with Gasteiger partial charge in [0.2, 0.25) is 0 Å². The second kappa shape index (κ2) is 40.0. The number of fused-ring (bicyclic) bond motifs is 3. The van der Waals surface area contributed by atoms with Crippen molar-refractivity contribution in [1.29, 1.82) is 0 Å². The van der Waals surface area contributed by atoms with Gasteiger partial charge in [-0.1, -0.05) is 30.3 Å². The quantitative estimate of drug-likeness (QED) is 0.105. The Bertz CT molecular complexity index is 2780. The van der Waals surface area contributed by atoms with Crippen molar-refractivity contribution in [3.05, 3.63) is 89.2 Å². The zero-order chi connectivity index (χ0) is 72.9. The van der Waals surface area contributed by atoms with Crippen LogP contribution in [0.4, 0.5) is 42.1 Å². The molecule has 97 heavy (non-hydrogen) atoms. The molecule has 7 atom stereocenters.